The van der Waals surface area contributed by atoms with Crippen LogP contribution in [0.1, 0.15) is 10.4 Å². The molecule has 64 valence electrons. The number of nitrogens with two attached hydrogens (primary N) is 1. The normalized spacial score (nSPS) is 9.42. The van der Waals surface area contributed by atoms with Gasteiger partial charge in [0.1, 0.15) is 5.69 Å². The number of nitrogens with one attached hydrogen (secondary N) is 1. The standard InChI is InChI=1S/C7H8N2O3/c1-12-7(11)4-2-3-9-6(10)5(4)8/h2-3H,8H2,1H3,(H,9,10). The average molecular weight is 168 g/mol. The fourth-order valence-electron chi connectivity index (χ4n) is 0.778. The lowest BCUT2D eigenvalue weighted by Gasteiger charge is -2.00. The molecule has 0 spiro atoms. The van der Waals surface area contributed by atoms with Gasteiger partial charge in [-0.3, -0.25) is 4.79 Å². The largest absolute Gasteiger partial charge is 0.465 e. The van der Waals surface area contributed by atoms with E-state index in [-0.39, 0.29) is 11.3 Å². The Kier molecular flexibility index (Phi) is 2.14. The number of carbonyl (C=O) groups is 1. The molecule has 5 nitrogen and oxygen atoms in total. The number of anilines is 1. The quantitative estimate of drug-likeness (QED) is 0.566. The molecule has 0 amide bonds. The number of pyridine rings is 1. The van der Waals surface area contributed by atoms with E-state index < -0.39 is 11.5 Å². The van der Waals surface area contributed by atoms with E-state index in [1.165, 1.54) is 19.4 Å². The summed E-state index contributed by atoms with van der Waals surface area (Å²) in [6.07, 6.45) is 1.34. The summed E-state index contributed by atoms with van der Waals surface area (Å²) in [6.45, 7) is 0. The number of ether oxygens (including phenoxy) is 1. The summed E-state index contributed by atoms with van der Waals surface area (Å²) in [5.41, 5.74) is 4.79. The van der Waals surface area contributed by atoms with Gasteiger partial charge in [-0.1, -0.05) is 0 Å². The molecule has 0 saturated carbocycles. The molecular formula is C7H8N2O3. The summed E-state index contributed by atoms with van der Waals surface area (Å²) in [4.78, 5) is 24.1. The predicted molar refractivity (Wildman–Crippen MR) is 42.8 cm³/mol. The molecule has 1 heterocycles. The molecule has 1 rings (SSSR count). The van der Waals surface area contributed by atoms with Crippen molar-refractivity contribution < 1.29 is 9.53 Å². The first kappa shape index (κ1) is 8.32. The van der Waals surface area contributed by atoms with Crippen molar-refractivity contribution in [3.63, 3.8) is 0 Å². The van der Waals surface area contributed by atoms with Crippen LogP contribution in [-0.4, -0.2) is 18.1 Å². The Morgan fingerprint density at radius 1 is 1.67 bits per heavy atom. The highest BCUT2D eigenvalue weighted by Crippen LogP contribution is 2.04. The molecule has 12 heavy (non-hydrogen) atoms. The van der Waals surface area contributed by atoms with Gasteiger partial charge < -0.3 is 15.5 Å². The Morgan fingerprint density at radius 2 is 2.33 bits per heavy atom. The van der Waals surface area contributed by atoms with Crippen molar-refractivity contribution in [3.05, 3.63) is 28.2 Å². The second-order valence-corrected chi connectivity index (χ2v) is 2.13. The molecule has 5 heteroatoms. The summed E-state index contributed by atoms with van der Waals surface area (Å²) in [5, 5.41) is 0. The molecule has 0 bridgehead atoms. The van der Waals surface area contributed by atoms with E-state index in [9.17, 15) is 9.59 Å². The van der Waals surface area contributed by atoms with Crippen molar-refractivity contribution >= 4 is 11.7 Å². The number of hydrogen-bond acceptors (Lipinski definition) is 4. The number of aromatic nitrogens is 1. The van der Waals surface area contributed by atoms with Gasteiger partial charge >= 0.3 is 5.97 Å². The van der Waals surface area contributed by atoms with E-state index in [2.05, 4.69) is 9.72 Å². The first-order valence-corrected chi connectivity index (χ1v) is 3.22. The number of carbonyl (C=O) groups excluding carboxylic acids is 1. The molecule has 0 unspecified atom stereocenters. The van der Waals surface area contributed by atoms with Crippen molar-refractivity contribution in [1.82, 2.24) is 4.98 Å². The average Bonchev–Trinajstić information content (AvgIpc) is 2.08. The van der Waals surface area contributed by atoms with Crippen molar-refractivity contribution in [2.75, 3.05) is 12.8 Å². The van der Waals surface area contributed by atoms with E-state index in [1.54, 1.807) is 0 Å². The maximum Gasteiger partial charge on any atom is 0.340 e. The highest BCUT2D eigenvalue weighted by atomic mass is 16.5. The molecule has 0 saturated heterocycles. The molecule has 0 aromatic carbocycles. The molecule has 0 aliphatic heterocycles. The van der Waals surface area contributed by atoms with E-state index in [0.29, 0.717) is 0 Å². The topological polar surface area (TPSA) is 85.2 Å². The molecule has 0 aliphatic rings. The Hall–Kier alpha value is -1.78. The van der Waals surface area contributed by atoms with Crippen molar-refractivity contribution in [2.24, 2.45) is 0 Å². The SMILES string of the molecule is COC(=O)c1cc[nH]c(=O)c1N. The van der Waals surface area contributed by atoms with Crippen LogP contribution in [0.25, 0.3) is 0 Å². The number of nitrogen functional groups attached to an aromatic ring is 1. The molecule has 3 N–H and O–H groups in total. The van der Waals surface area contributed by atoms with Crippen LogP contribution in [0, 0.1) is 0 Å². The molecule has 0 fully saturated rings. The van der Waals surface area contributed by atoms with Crippen LogP contribution in [0.2, 0.25) is 0 Å². The third kappa shape index (κ3) is 1.29. The Balaban J connectivity index is 3.26. The van der Waals surface area contributed by atoms with Gasteiger partial charge in [-0.2, -0.15) is 0 Å². The molecule has 0 aliphatic carbocycles. The third-order valence-electron chi connectivity index (χ3n) is 1.40. The second-order valence-electron chi connectivity index (χ2n) is 2.13. The van der Waals surface area contributed by atoms with Crippen molar-refractivity contribution in [2.45, 2.75) is 0 Å². The van der Waals surface area contributed by atoms with E-state index in [0.717, 1.165) is 0 Å². The zero-order chi connectivity index (χ0) is 9.14. The van der Waals surface area contributed by atoms with Gasteiger partial charge in [-0.05, 0) is 6.07 Å². The first-order chi connectivity index (χ1) is 5.66. The first-order valence-electron chi connectivity index (χ1n) is 3.22. The number of esters is 1. The Labute approximate surface area is 68.2 Å². The van der Waals surface area contributed by atoms with E-state index in [4.69, 9.17) is 5.73 Å². The minimum absolute atomic E-state index is 0.0845. The molecule has 0 atom stereocenters. The fourth-order valence-corrected chi connectivity index (χ4v) is 0.778. The van der Waals surface area contributed by atoms with Crippen LogP contribution in [0.15, 0.2) is 17.1 Å². The number of aromatic amines is 1. The van der Waals surface area contributed by atoms with Gasteiger partial charge in [0.15, 0.2) is 0 Å². The number of rotatable bonds is 1. The van der Waals surface area contributed by atoms with Gasteiger partial charge in [-0.15, -0.1) is 0 Å². The number of methoxy groups -OCH3 is 1. The van der Waals surface area contributed by atoms with Crippen LogP contribution in [0.5, 0.6) is 0 Å². The second kappa shape index (κ2) is 3.08. The van der Waals surface area contributed by atoms with Gasteiger partial charge in [-0.25, -0.2) is 4.79 Å². The summed E-state index contributed by atoms with van der Waals surface area (Å²) in [5.74, 6) is -0.612. The maximum atomic E-state index is 10.9. The van der Waals surface area contributed by atoms with Crippen molar-refractivity contribution in [1.29, 1.82) is 0 Å². The Bertz CT molecular complexity index is 356. The van der Waals surface area contributed by atoms with Crippen LogP contribution in [0.4, 0.5) is 5.69 Å². The Morgan fingerprint density at radius 3 is 2.92 bits per heavy atom. The number of hydrogen-bond donors (Lipinski definition) is 2. The highest BCUT2D eigenvalue weighted by molar-refractivity contribution is 5.94. The van der Waals surface area contributed by atoms with Crippen LogP contribution >= 0.6 is 0 Å². The fraction of sp³-hybridized carbons (Fsp3) is 0.143. The predicted octanol–water partition coefficient (Wildman–Crippen LogP) is -0.256. The zero-order valence-corrected chi connectivity index (χ0v) is 6.46. The molecule has 1 aromatic rings. The lowest BCUT2D eigenvalue weighted by atomic mass is 10.2. The van der Waals surface area contributed by atoms with Gasteiger partial charge in [0.25, 0.3) is 5.56 Å². The van der Waals surface area contributed by atoms with E-state index >= 15 is 0 Å². The van der Waals surface area contributed by atoms with Gasteiger partial charge in [0.2, 0.25) is 0 Å². The lowest BCUT2D eigenvalue weighted by Crippen LogP contribution is -2.17. The van der Waals surface area contributed by atoms with Crippen LogP contribution < -0.4 is 11.3 Å². The summed E-state index contributed by atoms with van der Waals surface area (Å²) < 4.78 is 4.40. The summed E-state index contributed by atoms with van der Waals surface area (Å²) >= 11 is 0. The van der Waals surface area contributed by atoms with Gasteiger partial charge in [0.05, 0.1) is 12.7 Å². The van der Waals surface area contributed by atoms with Gasteiger partial charge in [0, 0.05) is 6.20 Å². The molecular weight excluding hydrogens is 160 g/mol. The monoisotopic (exact) mass is 168 g/mol. The third-order valence-corrected chi connectivity index (χ3v) is 1.40. The molecule has 0 radical (unpaired) electrons. The van der Waals surface area contributed by atoms with E-state index in [1.807, 2.05) is 0 Å². The maximum absolute atomic E-state index is 10.9. The summed E-state index contributed by atoms with van der Waals surface area (Å²) in [6, 6.07) is 1.39. The smallest absolute Gasteiger partial charge is 0.340 e. The van der Waals surface area contributed by atoms with Crippen molar-refractivity contribution in [3.8, 4) is 0 Å². The molecule has 1 aromatic heterocycles. The lowest BCUT2D eigenvalue weighted by molar-refractivity contribution is 0.0601. The zero-order valence-electron chi connectivity index (χ0n) is 6.46. The minimum atomic E-state index is -0.612. The highest BCUT2D eigenvalue weighted by Gasteiger charge is 2.10. The minimum Gasteiger partial charge on any atom is -0.465 e. The number of H-pyrrole nitrogens is 1. The van der Waals surface area contributed by atoms with Crippen LogP contribution in [-0.2, 0) is 4.74 Å². The van der Waals surface area contributed by atoms with Crippen LogP contribution in [0.3, 0.4) is 0 Å². The summed E-state index contributed by atoms with van der Waals surface area (Å²) in [7, 11) is 1.23.